The van der Waals surface area contributed by atoms with Gasteiger partial charge in [0.15, 0.2) is 0 Å². The summed E-state index contributed by atoms with van der Waals surface area (Å²) in [4.78, 5) is 140. The van der Waals surface area contributed by atoms with Gasteiger partial charge in [0, 0.05) is 54.9 Å². The van der Waals surface area contributed by atoms with Crippen molar-refractivity contribution >= 4 is 88.9 Å². The maximum absolute atomic E-state index is 14.7. The minimum Gasteiger partial charge on any atom is -0.490 e. The molecule has 0 spiro atoms. The van der Waals surface area contributed by atoms with E-state index in [4.69, 9.17) is 26.8 Å². The fraction of sp³-hybridized carbons (Fsp3) is 0.483. The maximum Gasteiger partial charge on any atom is 0.409 e. The van der Waals surface area contributed by atoms with Crippen molar-refractivity contribution in [1.82, 2.24) is 45.9 Å². The number of rotatable bonds is 22. The molecule has 8 amide bonds. The van der Waals surface area contributed by atoms with Crippen molar-refractivity contribution in [3.05, 3.63) is 105 Å². The first-order valence-electron chi connectivity index (χ1n) is 29.1. The van der Waals surface area contributed by atoms with E-state index in [1.54, 1.807) is 44.5 Å². The molecule has 0 saturated carbocycles. The van der Waals surface area contributed by atoms with Gasteiger partial charge >= 0.3 is 19.4 Å². The molecule has 3 aliphatic rings. The number of amides is 8. The van der Waals surface area contributed by atoms with Gasteiger partial charge < -0.3 is 71.1 Å². The molecule has 3 saturated heterocycles. The molecular formula is C60H74ClF2N10O14PS. The second-order valence-electron chi connectivity index (χ2n) is 23.8. The fourth-order valence-corrected chi connectivity index (χ4v) is 13.0. The summed E-state index contributed by atoms with van der Waals surface area (Å²) in [6.07, 6.45) is -0.600. The van der Waals surface area contributed by atoms with Gasteiger partial charge in [-0.05, 0) is 98.7 Å². The summed E-state index contributed by atoms with van der Waals surface area (Å²) in [7, 11) is -4.77. The van der Waals surface area contributed by atoms with Gasteiger partial charge in [-0.15, -0.1) is 11.3 Å². The molecule has 89 heavy (non-hydrogen) atoms. The number of aliphatic hydroxyl groups excluding tert-OH is 1. The van der Waals surface area contributed by atoms with Crippen LogP contribution in [0.5, 0.6) is 5.75 Å². The van der Waals surface area contributed by atoms with E-state index in [2.05, 4.69) is 31.2 Å². The Bertz CT molecular complexity index is 3520. The summed E-state index contributed by atoms with van der Waals surface area (Å²) in [5, 5.41) is 22.4. The number of H-pyrrole nitrogens is 1. The van der Waals surface area contributed by atoms with Crippen molar-refractivity contribution in [2.45, 2.75) is 146 Å². The SMILES string of the molecule is COC(=O)N1CC[C@H]2CC[C@@H](C(=O)N[C@@H](CCC(N)=O)COc3cccc(CCCC(=O)N[C@H](C(=O)N4C[C@H](O)C[C@H]4C(=O)N[C@@H](C)c4ccc(-c5scnc5C)cc4)C(C)(C)C)c3Cl)N2C(=O)[C@@H](NC(=O)c2cc3cc(C(F)(F)P(=O)(O)O)ccc3[nH]2)C1. The highest BCUT2D eigenvalue weighted by molar-refractivity contribution is 7.52. The normalized spacial score (nSPS) is 20.0. The molecule has 0 aliphatic carbocycles. The first kappa shape index (κ1) is 67.4. The quantitative estimate of drug-likeness (QED) is 0.0363. The van der Waals surface area contributed by atoms with E-state index in [1.807, 2.05) is 38.1 Å². The van der Waals surface area contributed by atoms with Crippen LogP contribution in [-0.2, 0) is 50.2 Å². The minimum atomic E-state index is -5.92. The molecule has 2 aromatic heterocycles. The van der Waals surface area contributed by atoms with Gasteiger partial charge in [0.2, 0.25) is 35.4 Å². The van der Waals surface area contributed by atoms with Crippen LogP contribution in [0.4, 0.5) is 13.6 Å². The zero-order valence-corrected chi connectivity index (χ0v) is 52.4. The molecule has 29 heteroatoms. The van der Waals surface area contributed by atoms with Crippen molar-refractivity contribution in [2.24, 2.45) is 11.1 Å². The Hall–Kier alpha value is -7.55. The van der Waals surface area contributed by atoms with E-state index in [1.165, 1.54) is 26.0 Å². The summed E-state index contributed by atoms with van der Waals surface area (Å²) in [6, 6.07) is 10.2. The smallest absolute Gasteiger partial charge is 0.409 e. The number of fused-ring (bicyclic) bond motifs is 2. The Balaban J connectivity index is 0.878. The standard InChI is InChI=1S/C60H74ClF2N10O14PS/c1-32(34-13-15-36(16-14-34)51-33(2)65-31-89-51)66-55(79)46-27-41(74)28-72(46)57(81)52(59(3,4)5)70-49(76)12-8-10-35-9-7-11-47(50(35)61)87-30-39(18-22-48(64)75)67-54(78)45-21-19-40-23-24-71(58(82)86-6)29-44(56(80)73(40)45)69-53(77)43-26-37-25-38(17-20-42(37)68-43)60(62,63)88(83,84)85/h7,9,11,13-17,20,25-26,31-32,39-41,44-46,52,68,74H,8,10,12,18-19,21-24,27-30H2,1-6H3,(H2,64,75)(H,66,79)(H,67,78)(H,69,77)(H,70,76)(H2,83,84,85)/t32-,39-,40+,41+,44-,45-,46-,52+/m0/s1. The van der Waals surface area contributed by atoms with Crippen LogP contribution in [0.25, 0.3) is 21.3 Å². The number of aliphatic hydroxyl groups is 1. The van der Waals surface area contributed by atoms with E-state index < -0.39 is 127 Å². The number of nitrogens with two attached hydrogens (primary N) is 1. The molecule has 0 unspecified atom stereocenters. The first-order valence-corrected chi connectivity index (χ1v) is 31.9. The van der Waals surface area contributed by atoms with Gasteiger partial charge in [-0.2, -0.15) is 8.78 Å². The molecule has 24 nitrogen and oxygen atoms in total. The number of ether oxygens (including phenoxy) is 2. The van der Waals surface area contributed by atoms with Gasteiger partial charge in [0.25, 0.3) is 5.91 Å². The van der Waals surface area contributed by atoms with Gasteiger partial charge in [0.1, 0.15) is 42.2 Å². The molecule has 3 aliphatic heterocycles. The third kappa shape index (κ3) is 15.9. The van der Waals surface area contributed by atoms with Crippen LogP contribution in [0.2, 0.25) is 5.02 Å². The van der Waals surface area contributed by atoms with Crippen LogP contribution < -0.4 is 31.7 Å². The highest BCUT2D eigenvalue weighted by atomic mass is 35.5. The average Bonchev–Trinajstić information content (AvgIpc) is 2.10. The number of nitrogens with zero attached hydrogens (tertiary/aromatic N) is 4. The van der Waals surface area contributed by atoms with Crippen LogP contribution >= 0.6 is 30.5 Å². The number of thiazole rings is 1. The zero-order chi connectivity index (χ0) is 64.9. The summed E-state index contributed by atoms with van der Waals surface area (Å²) >= 11 is 8.44. The van der Waals surface area contributed by atoms with Crippen LogP contribution in [0.1, 0.15) is 118 Å². The fourth-order valence-electron chi connectivity index (χ4n) is 11.4. The van der Waals surface area contributed by atoms with E-state index in [0.29, 0.717) is 18.4 Å². The predicted molar refractivity (Wildman–Crippen MR) is 324 cm³/mol. The summed E-state index contributed by atoms with van der Waals surface area (Å²) in [5.41, 5.74) is 4.31. The van der Waals surface area contributed by atoms with Crippen LogP contribution in [-0.4, -0.2) is 163 Å². The molecule has 0 bridgehead atoms. The number of hydrogen-bond donors (Lipinski definition) is 9. The summed E-state index contributed by atoms with van der Waals surface area (Å²) in [6.45, 7) is 8.52. The van der Waals surface area contributed by atoms with Crippen molar-refractivity contribution in [3.8, 4) is 16.2 Å². The second kappa shape index (κ2) is 28.1. The Morgan fingerprint density at radius 2 is 1.66 bits per heavy atom. The number of β-amino-alcohol motifs (C(OH)–C–C–N with tert-alkyl or cyclic N) is 1. The monoisotopic (exact) mass is 1290 g/mol. The molecule has 8 atom stereocenters. The lowest BCUT2D eigenvalue weighted by Crippen LogP contribution is -2.61. The Morgan fingerprint density at radius 3 is 2.33 bits per heavy atom. The number of methoxy groups -OCH3 is 1. The van der Waals surface area contributed by atoms with Crippen molar-refractivity contribution in [3.63, 3.8) is 0 Å². The van der Waals surface area contributed by atoms with Gasteiger partial charge in [-0.1, -0.05) is 74.8 Å². The molecule has 3 fully saturated rings. The first-order chi connectivity index (χ1) is 41.9. The number of primary amides is 1. The minimum absolute atomic E-state index is 0.00512. The highest BCUT2D eigenvalue weighted by Gasteiger charge is 2.51. The largest absolute Gasteiger partial charge is 0.490 e. The van der Waals surface area contributed by atoms with Gasteiger partial charge in [-0.3, -0.25) is 38.1 Å². The summed E-state index contributed by atoms with van der Waals surface area (Å²) in [5.74, 6) is -4.07. The summed E-state index contributed by atoms with van der Waals surface area (Å²) < 4.78 is 51.9. The van der Waals surface area contributed by atoms with Crippen molar-refractivity contribution in [1.29, 1.82) is 0 Å². The van der Waals surface area contributed by atoms with Crippen molar-refractivity contribution in [2.75, 3.05) is 33.4 Å². The van der Waals surface area contributed by atoms with Crippen LogP contribution in [0.3, 0.4) is 0 Å². The van der Waals surface area contributed by atoms with Gasteiger partial charge in [-0.25, -0.2) is 9.78 Å². The Kier molecular flexibility index (Phi) is 21.3. The lowest BCUT2D eigenvalue weighted by molar-refractivity contribution is -0.144. The number of halogens is 3. The van der Waals surface area contributed by atoms with E-state index in [-0.39, 0.29) is 92.0 Å². The lowest BCUT2D eigenvalue weighted by Gasteiger charge is -2.38. The lowest BCUT2D eigenvalue weighted by atomic mass is 9.85. The number of aromatic amines is 1. The maximum atomic E-state index is 14.7. The van der Waals surface area contributed by atoms with Crippen molar-refractivity contribution < 1.29 is 76.1 Å². The van der Waals surface area contributed by atoms with Crippen LogP contribution in [0.15, 0.2) is 72.2 Å². The number of carbonyl (C=O) groups excluding carboxylic acids is 8. The zero-order valence-electron chi connectivity index (χ0n) is 49.9. The number of aryl methyl sites for hydroxylation is 2. The third-order valence-electron chi connectivity index (χ3n) is 16.3. The number of carbonyl (C=O) groups is 8. The number of benzene rings is 3. The van der Waals surface area contributed by atoms with E-state index in [0.717, 1.165) is 53.1 Å². The molecule has 5 aromatic rings. The molecule has 0 radical (unpaired) electrons. The number of hydrogen-bond acceptors (Lipinski definition) is 14. The number of aromatic nitrogens is 2. The average molecular weight is 1300 g/mol. The molecule has 8 rings (SSSR count). The topological polar surface area (TPSA) is 345 Å². The molecule has 3 aromatic carbocycles. The number of nitrogens with one attached hydrogen (secondary N) is 5. The third-order valence-corrected chi connectivity index (χ3v) is 18.7. The number of alkyl halides is 2. The number of likely N-dealkylation sites (tertiary alicyclic amines) is 1. The molecule has 480 valence electrons. The van der Waals surface area contributed by atoms with E-state index >= 15 is 0 Å². The van der Waals surface area contributed by atoms with Gasteiger partial charge in [0.05, 0.1) is 52.9 Å². The Morgan fingerprint density at radius 1 is 0.944 bits per heavy atom. The second-order valence-corrected chi connectivity index (χ2v) is 26.7. The van der Waals surface area contributed by atoms with Crippen LogP contribution in [0, 0.1) is 12.3 Å². The predicted octanol–water partition coefficient (Wildman–Crippen LogP) is 5.93. The molecular weight excluding hydrogens is 1220 g/mol. The molecule has 5 heterocycles. The molecule has 10 N–H and O–H groups in total. The highest BCUT2D eigenvalue weighted by Crippen LogP contribution is 2.59. The van der Waals surface area contributed by atoms with E-state index in [9.17, 15) is 66.6 Å². The Labute approximate surface area is 521 Å².